The van der Waals surface area contributed by atoms with Gasteiger partial charge in [-0.05, 0) is 12.8 Å². The van der Waals surface area contributed by atoms with Gasteiger partial charge in [0, 0.05) is 44.5 Å². The summed E-state index contributed by atoms with van der Waals surface area (Å²) in [5.74, 6) is 0.188. The average Bonchev–Trinajstić information content (AvgIpc) is 3.06. The molecule has 2 aliphatic heterocycles. The number of aromatic nitrogens is 2. The summed E-state index contributed by atoms with van der Waals surface area (Å²) in [4.78, 5) is 23.8. The van der Waals surface area contributed by atoms with Crippen LogP contribution in [0.25, 0.3) is 0 Å². The van der Waals surface area contributed by atoms with Gasteiger partial charge >= 0.3 is 6.18 Å². The number of nitrogens with zero attached hydrogens (tertiary/aromatic N) is 4. The molecular formula is C17H24F3N5O3. The van der Waals surface area contributed by atoms with Gasteiger partial charge in [-0.15, -0.1) is 0 Å². The Morgan fingerprint density at radius 1 is 1.21 bits per heavy atom. The van der Waals surface area contributed by atoms with Crippen LogP contribution in [0.2, 0.25) is 0 Å². The maximum absolute atomic E-state index is 12.6. The number of nitrogens with two attached hydrogens (primary N) is 1. The number of hydrogen-bond donors (Lipinski definition) is 2. The predicted octanol–water partition coefficient (Wildman–Crippen LogP) is 0.401. The predicted molar refractivity (Wildman–Crippen MR) is 93.4 cm³/mol. The van der Waals surface area contributed by atoms with Crippen molar-refractivity contribution in [1.29, 1.82) is 0 Å². The highest BCUT2D eigenvalue weighted by atomic mass is 19.4. The minimum Gasteiger partial charge on any atom is -0.395 e. The zero-order valence-electron chi connectivity index (χ0n) is 15.3. The van der Waals surface area contributed by atoms with Crippen LogP contribution in [-0.4, -0.2) is 76.9 Å². The second-order valence-corrected chi connectivity index (χ2v) is 7.07. The van der Waals surface area contributed by atoms with Gasteiger partial charge in [0.25, 0.3) is 5.91 Å². The Labute approximate surface area is 160 Å². The molecule has 1 aromatic heterocycles. The molecule has 0 bridgehead atoms. The minimum atomic E-state index is -4.46. The van der Waals surface area contributed by atoms with Gasteiger partial charge in [0.2, 0.25) is 5.95 Å². The van der Waals surface area contributed by atoms with E-state index in [9.17, 15) is 18.0 Å². The number of likely N-dealkylation sites (tertiary alicyclic amines) is 1. The molecule has 0 unspecified atom stereocenters. The fourth-order valence-corrected chi connectivity index (χ4v) is 3.49. The Bertz CT molecular complexity index is 665. The highest BCUT2D eigenvalue weighted by Crippen LogP contribution is 2.29. The van der Waals surface area contributed by atoms with Crippen LogP contribution >= 0.6 is 0 Å². The molecule has 2 saturated heterocycles. The van der Waals surface area contributed by atoms with Crippen LogP contribution in [0.15, 0.2) is 12.4 Å². The molecule has 11 heteroatoms. The molecule has 3 heterocycles. The minimum absolute atomic E-state index is 0.0540. The molecule has 8 nitrogen and oxygen atoms in total. The van der Waals surface area contributed by atoms with Crippen LogP contribution in [-0.2, 0) is 15.7 Å². The molecular weight excluding hydrogens is 379 g/mol. The van der Waals surface area contributed by atoms with Crippen molar-refractivity contribution < 1.29 is 27.8 Å². The van der Waals surface area contributed by atoms with Crippen LogP contribution in [0.1, 0.15) is 24.8 Å². The van der Waals surface area contributed by atoms with E-state index < -0.39 is 23.9 Å². The number of hydrogen-bond acceptors (Lipinski definition) is 7. The molecule has 0 saturated carbocycles. The highest BCUT2D eigenvalue weighted by Gasteiger charge is 2.38. The Kier molecular flexibility index (Phi) is 6.36. The quantitative estimate of drug-likeness (QED) is 0.709. The smallest absolute Gasteiger partial charge is 0.395 e. The Morgan fingerprint density at radius 2 is 1.86 bits per heavy atom. The summed E-state index contributed by atoms with van der Waals surface area (Å²) >= 11 is 0. The molecule has 1 amide bonds. The van der Waals surface area contributed by atoms with Gasteiger partial charge < -0.3 is 25.4 Å². The van der Waals surface area contributed by atoms with Gasteiger partial charge in [-0.25, -0.2) is 9.97 Å². The van der Waals surface area contributed by atoms with E-state index in [4.69, 9.17) is 15.6 Å². The van der Waals surface area contributed by atoms with Crippen LogP contribution in [0.5, 0.6) is 0 Å². The van der Waals surface area contributed by atoms with E-state index in [1.807, 2.05) is 4.90 Å². The molecule has 3 rings (SSSR count). The van der Waals surface area contributed by atoms with E-state index in [1.54, 1.807) is 4.90 Å². The molecule has 156 valence electrons. The zero-order chi connectivity index (χ0) is 20.3. The van der Waals surface area contributed by atoms with E-state index in [2.05, 4.69) is 9.97 Å². The van der Waals surface area contributed by atoms with E-state index in [-0.39, 0.29) is 31.1 Å². The normalized spacial score (nSPS) is 22.8. The Balaban J connectivity index is 1.51. The fraction of sp³-hybridized carbons (Fsp3) is 0.706. The van der Waals surface area contributed by atoms with Crippen molar-refractivity contribution in [3.8, 4) is 0 Å². The third-order valence-electron chi connectivity index (χ3n) is 5.09. The number of rotatable bonds is 6. The van der Waals surface area contributed by atoms with Crippen LogP contribution in [0, 0.1) is 0 Å². The first-order valence-corrected chi connectivity index (χ1v) is 9.22. The number of alkyl halides is 3. The van der Waals surface area contributed by atoms with Gasteiger partial charge in [-0.3, -0.25) is 4.79 Å². The van der Waals surface area contributed by atoms with Crippen molar-refractivity contribution in [2.24, 2.45) is 5.73 Å². The third-order valence-corrected chi connectivity index (χ3v) is 5.09. The maximum Gasteiger partial charge on any atom is 0.419 e. The molecule has 0 radical (unpaired) electrons. The average molecular weight is 403 g/mol. The maximum atomic E-state index is 12.6. The Morgan fingerprint density at radius 3 is 2.43 bits per heavy atom. The molecule has 2 fully saturated rings. The van der Waals surface area contributed by atoms with Gasteiger partial charge in [0.05, 0.1) is 24.8 Å². The van der Waals surface area contributed by atoms with E-state index >= 15 is 0 Å². The topological polar surface area (TPSA) is 105 Å². The molecule has 3 N–H and O–H groups in total. The van der Waals surface area contributed by atoms with Crippen molar-refractivity contribution in [2.75, 3.05) is 37.7 Å². The van der Waals surface area contributed by atoms with E-state index in [0.717, 1.165) is 12.4 Å². The number of halogens is 3. The lowest BCUT2D eigenvalue weighted by molar-refractivity contribution is -0.140. The second kappa shape index (κ2) is 8.58. The number of carbonyl (C=O) groups excluding carboxylic acids is 1. The van der Waals surface area contributed by atoms with Crippen molar-refractivity contribution in [2.45, 2.75) is 43.6 Å². The fourth-order valence-electron chi connectivity index (χ4n) is 3.49. The number of aliphatic hydroxyl groups is 1. The first kappa shape index (κ1) is 20.7. The largest absolute Gasteiger partial charge is 0.419 e. The standard InChI is InChI=1S/C17H24F3N5O3/c18-17(19,20)11-7-22-16(23-8-11)24-4-1-13(2-5-24)25-6-3-14(15(25)27)28-10-12(21)9-26/h7-8,12-14,26H,1-6,9-10,21H2/t12-,14+/m0/s1. The first-order valence-electron chi connectivity index (χ1n) is 9.22. The van der Waals surface area contributed by atoms with E-state index in [0.29, 0.717) is 38.9 Å². The number of piperidine rings is 1. The van der Waals surface area contributed by atoms with Crippen molar-refractivity contribution in [3.05, 3.63) is 18.0 Å². The third kappa shape index (κ3) is 4.70. The van der Waals surface area contributed by atoms with Gasteiger partial charge in [-0.2, -0.15) is 13.2 Å². The summed E-state index contributed by atoms with van der Waals surface area (Å²) < 4.78 is 43.4. The lowest BCUT2D eigenvalue weighted by atomic mass is 10.0. The van der Waals surface area contributed by atoms with Crippen LogP contribution < -0.4 is 10.6 Å². The molecule has 0 aromatic carbocycles. The molecule has 0 aliphatic carbocycles. The second-order valence-electron chi connectivity index (χ2n) is 7.07. The summed E-state index contributed by atoms with van der Waals surface area (Å²) in [6.07, 6.45) is -1.47. The molecule has 2 aliphatic rings. The molecule has 2 atom stereocenters. The van der Waals surface area contributed by atoms with Crippen molar-refractivity contribution in [1.82, 2.24) is 14.9 Å². The number of anilines is 1. The summed E-state index contributed by atoms with van der Waals surface area (Å²) in [6.45, 7) is 1.64. The number of ether oxygens (including phenoxy) is 1. The summed E-state index contributed by atoms with van der Waals surface area (Å²) in [5, 5.41) is 8.93. The number of amides is 1. The SMILES string of the molecule is N[C@@H](CO)CO[C@@H]1CCN(C2CCN(c3ncc(C(F)(F)F)cn3)CC2)C1=O. The number of aliphatic hydroxyl groups excluding tert-OH is 1. The van der Waals surface area contributed by atoms with Crippen molar-refractivity contribution >= 4 is 11.9 Å². The zero-order valence-corrected chi connectivity index (χ0v) is 15.3. The summed E-state index contributed by atoms with van der Waals surface area (Å²) in [7, 11) is 0. The molecule has 0 spiro atoms. The highest BCUT2D eigenvalue weighted by molar-refractivity contribution is 5.83. The first-order chi connectivity index (χ1) is 13.3. The molecule has 28 heavy (non-hydrogen) atoms. The Hall–Kier alpha value is -1.98. The number of carbonyl (C=O) groups is 1. The van der Waals surface area contributed by atoms with Crippen LogP contribution in [0.3, 0.4) is 0 Å². The summed E-state index contributed by atoms with van der Waals surface area (Å²) in [5.41, 5.74) is 4.72. The van der Waals surface area contributed by atoms with Crippen LogP contribution in [0.4, 0.5) is 19.1 Å². The van der Waals surface area contributed by atoms with Gasteiger partial charge in [0.1, 0.15) is 6.10 Å². The van der Waals surface area contributed by atoms with E-state index in [1.165, 1.54) is 0 Å². The molecule has 1 aromatic rings. The van der Waals surface area contributed by atoms with Gasteiger partial charge in [0.15, 0.2) is 0 Å². The summed E-state index contributed by atoms with van der Waals surface area (Å²) in [6, 6.07) is -0.452. The monoisotopic (exact) mass is 403 g/mol. The lowest BCUT2D eigenvalue weighted by Gasteiger charge is -2.36. The van der Waals surface area contributed by atoms with Gasteiger partial charge in [-0.1, -0.05) is 0 Å². The lowest BCUT2D eigenvalue weighted by Crippen LogP contribution is -2.47. The van der Waals surface area contributed by atoms with Crippen molar-refractivity contribution in [3.63, 3.8) is 0 Å².